The molecule has 1 unspecified atom stereocenters. The van der Waals surface area contributed by atoms with Gasteiger partial charge in [0.25, 0.3) is 5.56 Å². The highest BCUT2D eigenvalue weighted by Crippen LogP contribution is 2.16. The molecule has 33 heavy (non-hydrogen) atoms. The number of para-hydroxylation sites is 1. The minimum atomic E-state index is -0.922. The molecule has 0 saturated heterocycles. The molecule has 168 valence electrons. The van der Waals surface area contributed by atoms with Gasteiger partial charge in [-0.3, -0.25) is 9.36 Å². The fourth-order valence-electron chi connectivity index (χ4n) is 3.49. The Labute approximate surface area is 186 Å². The highest BCUT2D eigenvalue weighted by molar-refractivity contribution is 5.32. The van der Waals surface area contributed by atoms with Crippen molar-refractivity contribution in [3.05, 3.63) is 128 Å². The third-order valence-electron chi connectivity index (χ3n) is 5.22. The molecule has 1 heterocycles. The normalized spacial score (nSPS) is 12.0. The maximum absolute atomic E-state index is 14.5. The Bertz CT molecular complexity index is 1400. The fourth-order valence-corrected chi connectivity index (χ4v) is 3.49. The van der Waals surface area contributed by atoms with Gasteiger partial charge in [0.05, 0.1) is 6.54 Å². The molecule has 0 radical (unpaired) electrons. The van der Waals surface area contributed by atoms with E-state index in [0.29, 0.717) is 10.2 Å². The number of nitrogens with two attached hydrogens (primary N) is 1. The number of halogens is 3. The Balaban J connectivity index is 1.89. The molecule has 0 aliphatic rings. The van der Waals surface area contributed by atoms with Gasteiger partial charge in [-0.05, 0) is 29.8 Å². The lowest BCUT2D eigenvalue weighted by atomic mass is 10.1. The van der Waals surface area contributed by atoms with Crippen molar-refractivity contribution in [3.63, 3.8) is 0 Å². The van der Waals surface area contributed by atoms with E-state index in [-0.39, 0.29) is 23.5 Å². The zero-order valence-electron chi connectivity index (χ0n) is 17.3. The van der Waals surface area contributed by atoms with E-state index < -0.39 is 41.2 Å². The van der Waals surface area contributed by atoms with Crippen LogP contribution in [0.4, 0.5) is 13.2 Å². The van der Waals surface area contributed by atoms with Crippen molar-refractivity contribution in [1.82, 2.24) is 14.3 Å². The second-order valence-electron chi connectivity index (χ2n) is 7.40. The molecule has 0 aliphatic heterocycles. The largest absolute Gasteiger partial charge is 0.352 e. The predicted molar refractivity (Wildman–Crippen MR) is 117 cm³/mol. The summed E-state index contributed by atoms with van der Waals surface area (Å²) in [6.07, 6.45) is -0.535. The van der Waals surface area contributed by atoms with E-state index in [9.17, 15) is 22.8 Å². The molecule has 0 fully saturated rings. The quantitative estimate of drug-likeness (QED) is 0.487. The fraction of sp³-hybridized carbons (Fsp3) is 0.125. The summed E-state index contributed by atoms with van der Waals surface area (Å²) in [4.78, 5) is 26.3. The lowest BCUT2D eigenvalue weighted by molar-refractivity contribution is 0.494. The molecule has 2 N–H and O–H groups in total. The molecule has 0 aliphatic carbocycles. The zero-order chi connectivity index (χ0) is 23.5. The summed E-state index contributed by atoms with van der Waals surface area (Å²) in [5.74, 6) is -2.49. The molecule has 4 rings (SSSR count). The second-order valence-corrected chi connectivity index (χ2v) is 7.40. The first-order valence-corrected chi connectivity index (χ1v) is 10.1. The van der Waals surface area contributed by atoms with Crippen LogP contribution in [0, 0.1) is 17.5 Å². The van der Waals surface area contributed by atoms with Gasteiger partial charge >= 0.3 is 5.69 Å². The van der Waals surface area contributed by atoms with Gasteiger partial charge in [0.15, 0.2) is 0 Å². The van der Waals surface area contributed by atoms with Crippen molar-refractivity contribution in [1.29, 1.82) is 0 Å². The Morgan fingerprint density at radius 1 is 0.818 bits per heavy atom. The van der Waals surface area contributed by atoms with Gasteiger partial charge in [-0.2, -0.15) is 9.78 Å². The Morgan fingerprint density at radius 3 is 2.09 bits per heavy atom. The van der Waals surface area contributed by atoms with Gasteiger partial charge in [0.2, 0.25) is 0 Å². The van der Waals surface area contributed by atoms with Crippen LogP contribution in [-0.2, 0) is 13.0 Å². The molecule has 1 atom stereocenters. The Morgan fingerprint density at radius 2 is 1.42 bits per heavy atom. The third-order valence-corrected chi connectivity index (χ3v) is 5.22. The molecule has 1 aromatic heterocycles. The van der Waals surface area contributed by atoms with Crippen LogP contribution in [0.2, 0.25) is 0 Å². The molecule has 4 aromatic rings. The van der Waals surface area contributed by atoms with E-state index in [1.165, 1.54) is 24.3 Å². The number of hydrogen-bond acceptors (Lipinski definition) is 4. The van der Waals surface area contributed by atoms with Gasteiger partial charge in [-0.25, -0.2) is 18.0 Å². The van der Waals surface area contributed by atoms with Crippen LogP contribution in [0.1, 0.15) is 22.9 Å². The topological polar surface area (TPSA) is 82.9 Å². The van der Waals surface area contributed by atoms with Gasteiger partial charge < -0.3 is 5.73 Å². The van der Waals surface area contributed by atoms with Gasteiger partial charge in [0, 0.05) is 18.0 Å². The zero-order valence-corrected chi connectivity index (χ0v) is 17.3. The predicted octanol–water partition coefficient (Wildman–Crippen LogP) is 3.10. The molecular weight excluding hydrogens is 433 g/mol. The van der Waals surface area contributed by atoms with Crippen molar-refractivity contribution in [2.45, 2.75) is 19.0 Å². The molecule has 0 bridgehead atoms. The number of aromatic nitrogens is 3. The molecule has 9 heteroatoms. The van der Waals surface area contributed by atoms with E-state index in [0.717, 1.165) is 22.8 Å². The molecule has 0 amide bonds. The summed E-state index contributed by atoms with van der Waals surface area (Å²) in [7, 11) is 0. The monoisotopic (exact) mass is 452 g/mol. The highest BCUT2D eigenvalue weighted by Gasteiger charge is 2.21. The maximum Gasteiger partial charge on any atom is 0.352 e. The first kappa shape index (κ1) is 22.2. The smallest absolute Gasteiger partial charge is 0.322 e. The molecular formula is C24H19F3N4O2. The summed E-state index contributed by atoms with van der Waals surface area (Å²) in [6, 6.07) is 16.7. The van der Waals surface area contributed by atoms with Crippen LogP contribution in [0.25, 0.3) is 5.69 Å². The number of hydrogen-bond donors (Lipinski definition) is 1. The molecule has 0 saturated carbocycles. The summed E-state index contributed by atoms with van der Waals surface area (Å²) in [6.45, 7) is -0.245. The third kappa shape index (κ3) is 4.49. The second kappa shape index (κ2) is 9.25. The number of benzene rings is 3. The van der Waals surface area contributed by atoms with Crippen molar-refractivity contribution in [3.8, 4) is 5.69 Å². The summed E-state index contributed by atoms with van der Waals surface area (Å²) >= 11 is 0. The van der Waals surface area contributed by atoms with Gasteiger partial charge in [-0.1, -0.05) is 48.5 Å². The minimum Gasteiger partial charge on any atom is -0.322 e. The first-order valence-electron chi connectivity index (χ1n) is 10.1. The number of rotatable bonds is 6. The van der Waals surface area contributed by atoms with Crippen molar-refractivity contribution in [2.75, 3.05) is 0 Å². The first-order chi connectivity index (χ1) is 15.9. The van der Waals surface area contributed by atoms with Crippen molar-refractivity contribution in [2.24, 2.45) is 5.73 Å². The van der Waals surface area contributed by atoms with Gasteiger partial charge in [0.1, 0.15) is 28.8 Å². The van der Waals surface area contributed by atoms with Crippen molar-refractivity contribution < 1.29 is 13.2 Å². The van der Waals surface area contributed by atoms with Crippen LogP contribution in [0.5, 0.6) is 0 Å². The highest BCUT2D eigenvalue weighted by atomic mass is 19.1. The van der Waals surface area contributed by atoms with Crippen molar-refractivity contribution >= 4 is 0 Å². The van der Waals surface area contributed by atoms with Crippen LogP contribution in [-0.4, -0.2) is 14.3 Å². The van der Waals surface area contributed by atoms with E-state index >= 15 is 0 Å². The van der Waals surface area contributed by atoms with E-state index in [1.807, 2.05) is 0 Å². The Kier molecular flexibility index (Phi) is 6.23. The van der Waals surface area contributed by atoms with Gasteiger partial charge in [-0.15, -0.1) is 0 Å². The molecule has 6 nitrogen and oxygen atoms in total. The summed E-state index contributed by atoms with van der Waals surface area (Å²) in [5, 5.41) is 3.98. The minimum absolute atomic E-state index is 0.209. The Hall–Kier alpha value is -3.98. The van der Waals surface area contributed by atoms with Crippen LogP contribution in [0.3, 0.4) is 0 Å². The van der Waals surface area contributed by atoms with Crippen LogP contribution in [0.15, 0.2) is 82.4 Å². The lowest BCUT2D eigenvalue weighted by Crippen LogP contribution is -2.45. The average molecular weight is 452 g/mol. The standard InChI is InChI=1S/C24H19F3N4O2/c25-17-10-6-11-18(26)16(17)13-21-23(32)30(14-20(28)15-7-2-1-3-8-15)24(33)31(29-21)22-12-5-4-9-19(22)27/h1-12,20H,13-14,28H2. The van der Waals surface area contributed by atoms with E-state index in [4.69, 9.17) is 5.73 Å². The average Bonchev–Trinajstić information content (AvgIpc) is 2.81. The van der Waals surface area contributed by atoms with Crippen LogP contribution >= 0.6 is 0 Å². The van der Waals surface area contributed by atoms with E-state index in [1.54, 1.807) is 30.3 Å². The lowest BCUT2D eigenvalue weighted by Gasteiger charge is -2.16. The van der Waals surface area contributed by atoms with Crippen LogP contribution < -0.4 is 17.0 Å². The molecule has 0 spiro atoms. The summed E-state index contributed by atoms with van der Waals surface area (Å²) in [5.41, 5.74) is 4.17. The molecule has 3 aromatic carbocycles. The van der Waals surface area contributed by atoms with E-state index in [2.05, 4.69) is 5.10 Å². The number of nitrogens with zero attached hydrogens (tertiary/aromatic N) is 3. The SMILES string of the molecule is NC(Cn1c(=O)c(Cc2c(F)cccc2F)nn(-c2ccccc2F)c1=O)c1ccccc1. The maximum atomic E-state index is 14.5. The summed E-state index contributed by atoms with van der Waals surface area (Å²) < 4.78 is 44.5.